The van der Waals surface area contributed by atoms with Crippen molar-refractivity contribution in [3.05, 3.63) is 71.8 Å². The van der Waals surface area contributed by atoms with Crippen molar-refractivity contribution in [3.8, 4) is 0 Å². The van der Waals surface area contributed by atoms with Crippen LogP contribution >= 0.6 is 35.3 Å². The van der Waals surface area contributed by atoms with Crippen LogP contribution in [0.4, 0.5) is 0 Å². The molecule has 0 aliphatic carbocycles. The van der Waals surface area contributed by atoms with E-state index in [9.17, 15) is 0 Å². The number of hydrogen-bond donors (Lipinski definition) is 3. The number of guanidine groups is 2. The van der Waals surface area contributed by atoms with E-state index in [4.69, 9.17) is 17.3 Å². The fourth-order valence-corrected chi connectivity index (χ4v) is 4.87. The van der Waals surface area contributed by atoms with Gasteiger partial charge in [0.2, 0.25) is 11.9 Å². The third-order valence-electron chi connectivity index (χ3n) is 3.96. The molecule has 0 saturated carbocycles. The molecule has 0 aromatic heterocycles. The normalized spacial score (nSPS) is 21.4. The van der Waals surface area contributed by atoms with Crippen LogP contribution in [0.1, 0.15) is 35.5 Å². The Hall–Kier alpha value is -1.83. The van der Waals surface area contributed by atoms with Crippen LogP contribution in [0.15, 0.2) is 70.6 Å². The van der Waals surface area contributed by atoms with Crippen molar-refractivity contribution in [1.29, 1.82) is 0 Å². The first-order valence-electron chi connectivity index (χ1n) is 8.56. The standard InChI is InChI=1S/C19H22ClN5S2/c1-13(15-9-5-3-6-10-15)26-19(20)23-17(21)22-18(24-19)25-27-14(2)16-11-7-4-8-12-16/h3-14H,1-2H3,(H4,21,22,23,24,25). The van der Waals surface area contributed by atoms with Gasteiger partial charge in [0.1, 0.15) is 0 Å². The van der Waals surface area contributed by atoms with Crippen molar-refractivity contribution >= 4 is 47.2 Å². The first kappa shape index (κ1) is 19.9. The molecule has 3 rings (SSSR count). The second-order valence-corrected chi connectivity index (χ2v) is 9.51. The number of rotatable bonds is 6. The van der Waals surface area contributed by atoms with Gasteiger partial charge < -0.3 is 11.1 Å². The highest BCUT2D eigenvalue weighted by atomic mass is 35.5. The molecule has 0 spiro atoms. The topological polar surface area (TPSA) is 74.8 Å². The van der Waals surface area contributed by atoms with Crippen LogP contribution < -0.4 is 15.8 Å². The molecule has 0 saturated heterocycles. The van der Waals surface area contributed by atoms with Crippen LogP contribution in [0.5, 0.6) is 0 Å². The van der Waals surface area contributed by atoms with Crippen LogP contribution in [0.3, 0.4) is 0 Å². The van der Waals surface area contributed by atoms with Gasteiger partial charge in [0.15, 0.2) is 0 Å². The van der Waals surface area contributed by atoms with Crippen LogP contribution in [0.2, 0.25) is 0 Å². The molecule has 2 aromatic carbocycles. The highest BCUT2D eigenvalue weighted by Gasteiger charge is 2.34. The Morgan fingerprint density at radius 1 is 1.00 bits per heavy atom. The molecular weight excluding hydrogens is 398 g/mol. The lowest BCUT2D eigenvalue weighted by atomic mass is 10.2. The van der Waals surface area contributed by atoms with E-state index in [0.29, 0.717) is 5.96 Å². The molecule has 0 fully saturated rings. The summed E-state index contributed by atoms with van der Waals surface area (Å²) in [5.41, 5.74) is 8.30. The molecule has 4 N–H and O–H groups in total. The molecule has 3 atom stereocenters. The van der Waals surface area contributed by atoms with Gasteiger partial charge in [-0.1, -0.05) is 84.0 Å². The van der Waals surface area contributed by atoms with Crippen LogP contribution in [-0.4, -0.2) is 16.4 Å². The Labute approximate surface area is 173 Å². The number of nitrogens with two attached hydrogens (primary N) is 1. The average molecular weight is 420 g/mol. The second kappa shape index (κ2) is 8.91. The van der Waals surface area contributed by atoms with Gasteiger partial charge in [0.05, 0.1) is 0 Å². The zero-order chi connectivity index (χ0) is 19.3. The van der Waals surface area contributed by atoms with Crippen molar-refractivity contribution in [2.75, 3.05) is 0 Å². The number of thioether (sulfide) groups is 1. The smallest absolute Gasteiger partial charge is 0.261 e. The van der Waals surface area contributed by atoms with Crippen LogP contribution in [0.25, 0.3) is 0 Å². The second-order valence-electron chi connectivity index (χ2n) is 6.06. The van der Waals surface area contributed by atoms with E-state index in [0.717, 1.165) is 0 Å². The maximum absolute atomic E-state index is 6.70. The molecule has 142 valence electrons. The summed E-state index contributed by atoms with van der Waals surface area (Å²) in [6.07, 6.45) is 0. The van der Waals surface area contributed by atoms with Crippen molar-refractivity contribution in [2.45, 2.75) is 28.8 Å². The van der Waals surface area contributed by atoms with Crippen molar-refractivity contribution in [3.63, 3.8) is 0 Å². The molecule has 0 radical (unpaired) electrons. The summed E-state index contributed by atoms with van der Waals surface area (Å²) in [6, 6.07) is 20.4. The Bertz CT molecular complexity index is 815. The van der Waals surface area contributed by atoms with Gasteiger partial charge in [-0.15, -0.1) is 0 Å². The SMILES string of the molecule is CC(SNC1=NC(N)=NC(Cl)(SC(C)c2ccccc2)N1)c1ccccc1. The largest absolute Gasteiger partial charge is 0.368 e. The minimum atomic E-state index is -1.11. The number of hydrogen-bond acceptors (Lipinski definition) is 7. The van der Waals surface area contributed by atoms with E-state index in [1.54, 1.807) is 0 Å². The number of nitrogens with zero attached hydrogens (tertiary/aromatic N) is 2. The summed E-state index contributed by atoms with van der Waals surface area (Å²) < 4.78 is 2.10. The van der Waals surface area contributed by atoms with Crippen molar-refractivity contribution in [1.82, 2.24) is 10.0 Å². The van der Waals surface area contributed by atoms with Gasteiger partial charge in [0, 0.05) is 10.5 Å². The van der Waals surface area contributed by atoms with Crippen LogP contribution in [0, 0.1) is 0 Å². The number of halogens is 1. The summed E-state index contributed by atoms with van der Waals surface area (Å²) in [5.74, 6) is 0.644. The number of nitrogens with one attached hydrogen (secondary N) is 2. The molecule has 1 aliphatic heterocycles. The first-order valence-corrected chi connectivity index (χ1v) is 10.7. The molecule has 0 amide bonds. The quantitative estimate of drug-likeness (QED) is 0.362. The van der Waals surface area contributed by atoms with E-state index in [1.165, 1.54) is 34.8 Å². The minimum Gasteiger partial charge on any atom is -0.368 e. The Kier molecular flexibility index (Phi) is 6.57. The third-order valence-corrected chi connectivity index (χ3v) is 6.48. The zero-order valence-electron chi connectivity index (χ0n) is 15.1. The lowest BCUT2D eigenvalue weighted by molar-refractivity contribution is 0.749. The third kappa shape index (κ3) is 5.57. The van der Waals surface area contributed by atoms with E-state index in [2.05, 4.69) is 58.1 Å². The summed E-state index contributed by atoms with van der Waals surface area (Å²) >= 11 is 9.70. The van der Waals surface area contributed by atoms with Gasteiger partial charge in [-0.05, 0) is 36.9 Å². The first-order chi connectivity index (χ1) is 13.0. The van der Waals surface area contributed by atoms with Crippen LogP contribution in [-0.2, 0) is 0 Å². The summed E-state index contributed by atoms with van der Waals surface area (Å²) in [7, 11) is 0. The molecule has 2 aromatic rings. The summed E-state index contributed by atoms with van der Waals surface area (Å²) in [4.78, 5) is 8.52. The molecule has 8 heteroatoms. The van der Waals surface area contributed by atoms with Gasteiger partial charge in [0.25, 0.3) is 4.45 Å². The molecule has 1 heterocycles. The van der Waals surface area contributed by atoms with Gasteiger partial charge in [-0.2, -0.15) is 9.98 Å². The summed E-state index contributed by atoms with van der Waals surface area (Å²) in [6.45, 7) is 4.20. The van der Waals surface area contributed by atoms with E-state index >= 15 is 0 Å². The molecule has 0 bridgehead atoms. The number of aliphatic imine (C=N–C) groups is 2. The highest BCUT2D eigenvalue weighted by Crippen LogP contribution is 2.41. The zero-order valence-corrected chi connectivity index (χ0v) is 17.5. The molecular formula is C19H22ClN5S2. The molecule has 3 unspecified atom stereocenters. The Balaban J connectivity index is 1.62. The number of benzene rings is 2. The highest BCUT2D eigenvalue weighted by molar-refractivity contribution is 8.02. The van der Waals surface area contributed by atoms with Crippen molar-refractivity contribution in [2.24, 2.45) is 15.7 Å². The van der Waals surface area contributed by atoms with E-state index < -0.39 is 4.45 Å². The molecule has 5 nitrogen and oxygen atoms in total. The fraction of sp³-hybridized carbons (Fsp3) is 0.263. The maximum Gasteiger partial charge on any atom is 0.261 e. The summed E-state index contributed by atoms with van der Waals surface area (Å²) in [5, 5.41) is 3.51. The lowest BCUT2D eigenvalue weighted by Crippen LogP contribution is -2.49. The maximum atomic E-state index is 6.70. The molecule has 1 aliphatic rings. The predicted octanol–water partition coefficient (Wildman–Crippen LogP) is 4.60. The predicted molar refractivity (Wildman–Crippen MR) is 119 cm³/mol. The van der Waals surface area contributed by atoms with E-state index in [-0.39, 0.29) is 16.5 Å². The Morgan fingerprint density at radius 3 is 2.15 bits per heavy atom. The lowest BCUT2D eigenvalue weighted by Gasteiger charge is -2.31. The van der Waals surface area contributed by atoms with Gasteiger partial charge in [-0.25, -0.2) is 0 Å². The van der Waals surface area contributed by atoms with Gasteiger partial charge >= 0.3 is 0 Å². The number of alkyl halides is 1. The minimum absolute atomic E-state index is 0.128. The monoisotopic (exact) mass is 419 g/mol. The Morgan fingerprint density at radius 2 is 1.56 bits per heavy atom. The molecule has 27 heavy (non-hydrogen) atoms. The van der Waals surface area contributed by atoms with Crippen molar-refractivity contribution < 1.29 is 0 Å². The fourth-order valence-electron chi connectivity index (χ4n) is 2.56. The average Bonchev–Trinajstić information content (AvgIpc) is 2.66. The van der Waals surface area contributed by atoms with Gasteiger partial charge in [-0.3, -0.25) is 4.72 Å². The van der Waals surface area contributed by atoms with E-state index in [1.807, 2.05) is 36.4 Å².